The van der Waals surface area contributed by atoms with Gasteiger partial charge in [0, 0.05) is 40.5 Å². The fourth-order valence-electron chi connectivity index (χ4n) is 4.45. The number of hydrogen-bond acceptors (Lipinski definition) is 5. The first-order valence-corrected chi connectivity index (χ1v) is 12.0. The zero-order valence-corrected chi connectivity index (χ0v) is 18.5. The Kier molecular flexibility index (Phi) is 4.95. The number of anilines is 1. The molecule has 0 spiro atoms. The summed E-state index contributed by atoms with van der Waals surface area (Å²) in [6.07, 6.45) is -0.112. The van der Waals surface area contributed by atoms with Crippen molar-refractivity contribution in [1.29, 1.82) is 0 Å². The van der Waals surface area contributed by atoms with E-state index >= 15 is 0 Å². The second-order valence-corrected chi connectivity index (χ2v) is 9.62. The van der Waals surface area contributed by atoms with Crippen LogP contribution in [0.15, 0.2) is 65.6 Å². The third-order valence-corrected chi connectivity index (χ3v) is 7.47. The van der Waals surface area contributed by atoms with Gasteiger partial charge < -0.3 is 19.8 Å². The van der Waals surface area contributed by atoms with E-state index in [1.165, 1.54) is 6.07 Å². The number of carbonyl (C=O) groups excluding carboxylic acids is 2. The maximum absolute atomic E-state index is 13.3. The number of benzene rings is 3. The lowest BCUT2D eigenvalue weighted by atomic mass is 10.1. The van der Waals surface area contributed by atoms with Crippen LogP contribution in [0.1, 0.15) is 23.0 Å². The van der Waals surface area contributed by atoms with Crippen LogP contribution in [0.2, 0.25) is 0 Å². The van der Waals surface area contributed by atoms with Crippen molar-refractivity contribution < 1.29 is 23.1 Å². The SMILES string of the molecule is CCN1C(=O)c2cccc3c(S(=O)(=O)N[C@H](Cc4cc5ccccc5[nH]4)C(=O)[O-])ccc1c23. The number of para-hydroxylation sites is 1. The van der Waals surface area contributed by atoms with Crippen LogP contribution < -0.4 is 14.7 Å². The highest BCUT2D eigenvalue weighted by Crippen LogP contribution is 2.39. The van der Waals surface area contributed by atoms with Gasteiger partial charge in [-0.05, 0) is 42.6 Å². The predicted molar refractivity (Wildman–Crippen MR) is 122 cm³/mol. The molecule has 0 saturated carbocycles. The standard InChI is InChI=1S/C24H21N3O5S/c1-2-27-20-10-11-21(16-7-5-8-17(22(16)20)23(27)28)33(31,32)26-19(24(29)30)13-15-12-14-6-3-4-9-18(14)25-15/h3-12,19,25-26H,2,13H2,1H3,(H,29,30)/p-1/t19-/m1/s1. The van der Waals surface area contributed by atoms with Gasteiger partial charge in [-0.25, -0.2) is 13.1 Å². The summed E-state index contributed by atoms with van der Waals surface area (Å²) >= 11 is 0. The highest BCUT2D eigenvalue weighted by atomic mass is 32.2. The van der Waals surface area contributed by atoms with Crippen molar-refractivity contribution in [3.8, 4) is 0 Å². The lowest BCUT2D eigenvalue weighted by Crippen LogP contribution is -2.49. The first-order chi connectivity index (χ1) is 15.8. The lowest BCUT2D eigenvalue weighted by Gasteiger charge is -2.20. The molecule has 1 aromatic heterocycles. The van der Waals surface area contributed by atoms with E-state index in [0.29, 0.717) is 34.3 Å². The normalized spacial score (nSPS) is 14.3. The number of aliphatic carboxylic acids is 1. The Labute approximate surface area is 189 Å². The minimum Gasteiger partial charge on any atom is -0.548 e. The number of H-pyrrole nitrogens is 1. The topological polar surface area (TPSA) is 122 Å². The van der Waals surface area contributed by atoms with Crippen LogP contribution in [0.4, 0.5) is 5.69 Å². The van der Waals surface area contributed by atoms with Crippen LogP contribution in [0.3, 0.4) is 0 Å². The molecule has 4 aromatic rings. The van der Waals surface area contributed by atoms with Gasteiger partial charge in [-0.2, -0.15) is 0 Å². The summed E-state index contributed by atoms with van der Waals surface area (Å²) in [4.78, 5) is 29.1. The van der Waals surface area contributed by atoms with E-state index < -0.39 is 22.0 Å². The molecule has 168 valence electrons. The van der Waals surface area contributed by atoms with Gasteiger partial charge in [-0.3, -0.25) is 4.79 Å². The molecule has 9 heteroatoms. The number of nitrogens with one attached hydrogen (secondary N) is 2. The van der Waals surface area contributed by atoms with Crippen LogP contribution in [-0.4, -0.2) is 37.9 Å². The number of sulfonamides is 1. The van der Waals surface area contributed by atoms with E-state index in [1.54, 1.807) is 35.2 Å². The summed E-state index contributed by atoms with van der Waals surface area (Å²) in [5.41, 5.74) is 2.46. The summed E-state index contributed by atoms with van der Waals surface area (Å²) in [6.45, 7) is 2.29. The van der Waals surface area contributed by atoms with Crippen molar-refractivity contribution in [1.82, 2.24) is 9.71 Å². The van der Waals surface area contributed by atoms with Gasteiger partial charge in [0.25, 0.3) is 5.91 Å². The number of carbonyl (C=O) groups is 2. The molecule has 0 fully saturated rings. The quantitative estimate of drug-likeness (QED) is 0.435. The minimum absolute atomic E-state index is 0.0863. The van der Waals surface area contributed by atoms with Gasteiger partial charge in [0.2, 0.25) is 10.0 Å². The number of amides is 1. The van der Waals surface area contributed by atoms with E-state index in [1.807, 2.05) is 31.2 Å². The molecule has 1 aliphatic heterocycles. The van der Waals surface area contributed by atoms with Gasteiger partial charge in [-0.1, -0.05) is 30.3 Å². The Morgan fingerprint density at radius 1 is 1.12 bits per heavy atom. The highest BCUT2D eigenvalue weighted by Gasteiger charge is 2.32. The summed E-state index contributed by atoms with van der Waals surface area (Å²) in [5.74, 6) is -1.72. The minimum atomic E-state index is -4.24. The summed E-state index contributed by atoms with van der Waals surface area (Å²) < 4.78 is 28.9. The number of aromatic nitrogens is 1. The second-order valence-electron chi connectivity index (χ2n) is 7.94. The Morgan fingerprint density at radius 2 is 1.91 bits per heavy atom. The number of carboxylic acid groups (broad SMARTS) is 1. The molecule has 2 N–H and O–H groups in total. The third kappa shape index (κ3) is 3.46. The number of hydrogen-bond donors (Lipinski definition) is 2. The van der Waals surface area contributed by atoms with Gasteiger partial charge in [0.05, 0.1) is 22.6 Å². The second kappa shape index (κ2) is 7.72. The first-order valence-electron chi connectivity index (χ1n) is 10.5. The molecular formula is C24H20N3O5S-. The molecule has 1 amide bonds. The largest absolute Gasteiger partial charge is 0.548 e. The predicted octanol–water partition coefficient (Wildman–Crippen LogP) is 1.94. The van der Waals surface area contributed by atoms with Crippen LogP contribution in [0.5, 0.6) is 0 Å². The van der Waals surface area contributed by atoms with Crippen molar-refractivity contribution in [3.05, 3.63) is 71.9 Å². The number of nitrogens with zero attached hydrogens (tertiary/aromatic N) is 1. The average Bonchev–Trinajstić information content (AvgIpc) is 3.32. The molecule has 0 saturated heterocycles. The molecule has 0 radical (unpaired) electrons. The monoisotopic (exact) mass is 462 g/mol. The van der Waals surface area contributed by atoms with Crippen LogP contribution in [0, 0.1) is 0 Å². The van der Waals surface area contributed by atoms with Crippen molar-refractivity contribution in [3.63, 3.8) is 0 Å². The third-order valence-electron chi connectivity index (χ3n) is 5.94. The van der Waals surface area contributed by atoms with Crippen molar-refractivity contribution >= 4 is 49.3 Å². The molecule has 1 atom stereocenters. The van der Waals surface area contributed by atoms with Crippen molar-refractivity contribution in [2.24, 2.45) is 0 Å². The molecule has 2 heterocycles. The Hall–Kier alpha value is -3.69. The van der Waals surface area contributed by atoms with E-state index in [-0.39, 0.29) is 17.2 Å². The summed E-state index contributed by atoms with van der Waals surface area (Å²) in [7, 11) is -4.24. The van der Waals surface area contributed by atoms with Crippen LogP contribution >= 0.6 is 0 Å². The maximum atomic E-state index is 13.3. The van der Waals surface area contributed by atoms with E-state index in [9.17, 15) is 23.1 Å². The van der Waals surface area contributed by atoms with E-state index in [0.717, 1.165) is 10.9 Å². The first kappa shape index (κ1) is 21.2. The van der Waals surface area contributed by atoms with Gasteiger partial charge >= 0.3 is 0 Å². The molecule has 8 nitrogen and oxygen atoms in total. The van der Waals surface area contributed by atoms with Crippen molar-refractivity contribution in [2.75, 3.05) is 11.4 Å². The van der Waals surface area contributed by atoms with Crippen LogP contribution in [0.25, 0.3) is 21.7 Å². The Morgan fingerprint density at radius 3 is 2.64 bits per heavy atom. The van der Waals surface area contributed by atoms with Gasteiger partial charge in [-0.15, -0.1) is 0 Å². The number of carboxylic acids is 1. The van der Waals surface area contributed by atoms with E-state index in [2.05, 4.69) is 9.71 Å². The molecule has 33 heavy (non-hydrogen) atoms. The average molecular weight is 463 g/mol. The fourth-order valence-corrected chi connectivity index (χ4v) is 5.84. The molecule has 0 aliphatic carbocycles. The number of aromatic amines is 1. The lowest BCUT2D eigenvalue weighted by molar-refractivity contribution is -0.308. The number of fused-ring (bicyclic) bond motifs is 1. The van der Waals surface area contributed by atoms with Crippen LogP contribution in [-0.2, 0) is 21.2 Å². The van der Waals surface area contributed by atoms with Gasteiger partial charge in [0.15, 0.2) is 0 Å². The number of rotatable bonds is 7. The fraction of sp³-hybridized carbons (Fsp3) is 0.167. The smallest absolute Gasteiger partial charge is 0.258 e. The maximum Gasteiger partial charge on any atom is 0.258 e. The summed E-state index contributed by atoms with van der Waals surface area (Å²) in [6, 6.07) is 15.6. The van der Waals surface area contributed by atoms with Gasteiger partial charge in [0.1, 0.15) is 0 Å². The zero-order valence-electron chi connectivity index (χ0n) is 17.7. The molecule has 1 aliphatic rings. The zero-order chi connectivity index (χ0) is 23.3. The Bertz CT molecular complexity index is 1510. The highest BCUT2D eigenvalue weighted by molar-refractivity contribution is 7.89. The molecular weight excluding hydrogens is 442 g/mol. The summed E-state index contributed by atoms with van der Waals surface area (Å²) in [5, 5.41) is 13.6. The molecule has 0 bridgehead atoms. The van der Waals surface area contributed by atoms with E-state index in [4.69, 9.17) is 0 Å². The molecule has 5 rings (SSSR count). The Balaban J connectivity index is 1.52. The van der Waals surface area contributed by atoms with Crippen molar-refractivity contribution in [2.45, 2.75) is 24.3 Å². The molecule has 3 aromatic carbocycles. The molecule has 0 unspecified atom stereocenters.